The Morgan fingerprint density at radius 1 is 1.34 bits per heavy atom. The van der Waals surface area contributed by atoms with Crippen molar-refractivity contribution in [2.45, 2.75) is 38.2 Å². The van der Waals surface area contributed by atoms with E-state index in [1.165, 1.54) is 12.1 Å². The van der Waals surface area contributed by atoms with Gasteiger partial charge in [-0.1, -0.05) is 19.4 Å². The van der Waals surface area contributed by atoms with Crippen molar-refractivity contribution in [2.24, 2.45) is 0 Å². The van der Waals surface area contributed by atoms with Gasteiger partial charge in [0.2, 0.25) is 0 Å². The molecule has 1 heterocycles. The van der Waals surface area contributed by atoms with E-state index >= 15 is 0 Å². The predicted octanol–water partition coefficient (Wildman–Crippen LogP) is 3.35. The number of halogens is 3. The molecule has 1 aromatic carbocycles. The highest BCUT2D eigenvalue weighted by Crippen LogP contribution is 2.31. The Kier molecular flexibility index (Phi) is 9.42. The third-order valence-electron chi connectivity index (χ3n) is 4.60. The third kappa shape index (κ3) is 7.47. The van der Waals surface area contributed by atoms with Gasteiger partial charge in [-0.15, -0.1) is 11.8 Å². The molecule has 1 atom stereocenters. The number of thioether (sulfide) groups is 1. The molecular weight excluding hydrogens is 443 g/mol. The molecule has 32 heavy (non-hydrogen) atoms. The second kappa shape index (κ2) is 11.8. The standard InChI is InChI=1S/C21H30F3N5O2S/c1-5-6-10-29(4)20(30)18(27-13-17-26-12-14(2)32-17)19(25-3)28-31-16-9-7-8-15(11-16)21(22,23)24/h7-9,11-12,17,25-28H,5-6,10,13H2,1-4H3/b19-18-. The molecule has 1 aliphatic heterocycles. The van der Waals surface area contributed by atoms with Gasteiger partial charge in [-0.2, -0.15) is 13.2 Å². The number of amides is 1. The van der Waals surface area contributed by atoms with Gasteiger partial charge in [0, 0.05) is 33.4 Å². The van der Waals surface area contributed by atoms with Crippen LogP contribution in [0.5, 0.6) is 5.75 Å². The van der Waals surface area contributed by atoms with Crippen LogP contribution < -0.4 is 26.3 Å². The summed E-state index contributed by atoms with van der Waals surface area (Å²) in [6.07, 6.45) is -0.789. The Labute approximate surface area is 190 Å². The number of carbonyl (C=O) groups is 1. The van der Waals surface area contributed by atoms with E-state index in [0.29, 0.717) is 13.1 Å². The molecule has 0 fully saturated rings. The second-order valence-electron chi connectivity index (χ2n) is 7.22. The summed E-state index contributed by atoms with van der Waals surface area (Å²) in [6, 6.07) is 4.49. The Balaban J connectivity index is 2.19. The molecule has 178 valence electrons. The summed E-state index contributed by atoms with van der Waals surface area (Å²) < 4.78 is 38.9. The molecule has 11 heteroatoms. The van der Waals surface area contributed by atoms with Crippen LogP contribution in [0.1, 0.15) is 32.3 Å². The third-order valence-corrected chi connectivity index (χ3v) is 5.68. The average molecular weight is 474 g/mol. The normalized spacial score (nSPS) is 16.5. The first-order chi connectivity index (χ1) is 15.2. The fraction of sp³-hybridized carbons (Fsp3) is 0.476. The van der Waals surface area contributed by atoms with Crippen LogP contribution >= 0.6 is 11.8 Å². The summed E-state index contributed by atoms with van der Waals surface area (Å²) in [5.74, 6) is -0.0920. The van der Waals surface area contributed by atoms with Crippen molar-refractivity contribution in [1.82, 2.24) is 26.3 Å². The van der Waals surface area contributed by atoms with E-state index in [1.54, 1.807) is 30.8 Å². The van der Waals surface area contributed by atoms with Crippen LogP contribution in [0, 0.1) is 0 Å². The number of hydrogen-bond donors (Lipinski definition) is 4. The van der Waals surface area contributed by atoms with Gasteiger partial charge in [-0.3, -0.25) is 4.79 Å². The Morgan fingerprint density at radius 3 is 2.69 bits per heavy atom. The van der Waals surface area contributed by atoms with Crippen LogP contribution in [0.25, 0.3) is 0 Å². The molecular formula is C21H30F3N5O2S. The highest BCUT2D eigenvalue weighted by Gasteiger charge is 2.30. The molecule has 1 unspecified atom stereocenters. The summed E-state index contributed by atoms with van der Waals surface area (Å²) in [7, 11) is 3.29. The van der Waals surface area contributed by atoms with Gasteiger partial charge >= 0.3 is 6.18 Å². The number of rotatable bonds is 11. The minimum Gasteiger partial charge on any atom is -0.381 e. The molecule has 1 aromatic rings. The van der Waals surface area contributed by atoms with Gasteiger partial charge in [0.15, 0.2) is 11.6 Å². The number of unbranched alkanes of at least 4 members (excludes halogenated alkanes) is 1. The summed E-state index contributed by atoms with van der Waals surface area (Å²) in [6.45, 7) is 5.04. The van der Waals surface area contributed by atoms with E-state index in [4.69, 9.17) is 4.84 Å². The number of alkyl halides is 3. The van der Waals surface area contributed by atoms with E-state index < -0.39 is 11.7 Å². The molecule has 1 amide bonds. The predicted molar refractivity (Wildman–Crippen MR) is 120 cm³/mol. The van der Waals surface area contributed by atoms with E-state index in [9.17, 15) is 18.0 Å². The number of carbonyl (C=O) groups excluding carboxylic acids is 1. The van der Waals surface area contributed by atoms with Crippen molar-refractivity contribution < 1.29 is 22.8 Å². The molecule has 0 radical (unpaired) electrons. The first-order valence-corrected chi connectivity index (χ1v) is 11.1. The Hall–Kier alpha value is -2.69. The lowest BCUT2D eigenvalue weighted by atomic mass is 10.2. The second-order valence-corrected chi connectivity index (χ2v) is 8.67. The summed E-state index contributed by atoms with van der Waals surface area (Å²) in [4.78, 5) is 21.2. The molecule has 4 N–H and O–H groups in total. The van der Waals surface area contributed by atoms with Gasteiger partial charge in [0.05, 0.1) is 10.9 Å². The fourth-order valence-corrected chi connectivity index (χ4v) is 3.72. The van der Waals surface area contributed by atoms with Crippen LogP contribution in [0.3, 0.4) is 0 Å². The van der Waals surface area contributed by atoms with Gasteiger partial charge in [-0.05, 0) is 36.4 Å². The zero-order valence-corrected chi connectivity index (χ0v) is 19.4. The SMILES string of the molecule is CCCCN(C)C(=O)/C(NCC1NC=C(C)S1)=C(\NC)NOc1cccc(C(F)(F)F)c1. The van der Waals surface area contributed by atoms with Gasteiger partial charge in [-0.25, -0.2) is 5.48 Å². The zero-order chi connectivity index (χ0) is 23.7. The summed E-state index contributed by atoms with van der Waals surface area (Å²) in [5, 5.41) is 9.27. The van der Waals surface area contributed by atoms with Crippen LogP contribution in [0.2, 0.25) is 0 Å². The lowest BCUT2D eigenvalue weighted by Gasteiger charge is -2.24. The molecule has 0 aliphatic carbocycles. The lowest BCUT2D eigenvalue weighted by Crippen LogP contribution is -2.43. The monoisotopic (exact) mass is 473 g/mol. The van der Waals surface area contributed by atoms with Crippen molar-refractivity contribution >= 4 is 17.7 Å². The highest BCUT2D eigenvalue weighted by atomic mass is 32.2. The largest absolute Gasteiger partial charge is 0.416 e. The topological polar surface area (TPSA) is 77.7 Å². The molecule has 1 aliphatic rings. The Morgan fingerprint density at radius 2 is 2.09 bits per heavy atom. The highest BCUT2D eigenvalue weighted by molar-refractivity contribution is 8.03. The number of nitrogens with one attached hydrogen (secondary N) is 4. The molecule has 7 nitrogen and oxygen atoms in total. The van der Waals surface area contributed by atoms with E-state index in [2.05, 4.69) is 21.4 Å². The number of nitrogens with zero attached hydrogens (tertiary/aromatic N) is 1. The summed E-state index contributed by atoms with van der Waals surface area (Å²) in [5.41, 5.74) is 1.99. The minimum atomic E-state index is -4.48. The van der Waals surface area contributed by atoms with Crippen molar-refractivity contribution in [3.05, 3.63) is 52.5 Å². The molecule has 0 aromatic heterocycles. The average Bonchev–Trinajstić information content (AvgIpc) is 3.18. The van der Waals surface area contributed by atoms with E-state index in [-0.39, 0.29) is 28.5 Å². The minimum absolute atomic E-state index is 0.0356. The number of benzene rings is 1. The molecule has 0 spiro atoms. The zero-order valence-electron chi connectivity index (χ0n) is 18.6. The number of allylic oxidation sites excluding steroid dienone is 1. The summed E-state index contributed by atoms with van der Waals surface area (Å²) >= 11 is 1.64. The Bertz CT molecular complexity index is 845. The molecule has 0 saturated carbocycles. The van der Waals surface area contributed by atoms with E-state index in [1.807, 2.05) is 20.0 Å². The number of hydrogen-bond acceptors (Lipinski definition) is 7. The van der Waals surface area contributed by atoms with Crippen LogP contribution in [0.4, 0.5) is 13.2 Å². The molecule has 0 bridgehead atoms. The molecule has 2 rings (SSSR count). The lowest BCUT2D eigenvalue weighted by molar-refractivity contribution is -0.137. The van der Waals surface area contributed by atoms with Gasteiger partial charge in [0.25, 0.3) is 5.91 Å². The maximum atomic E-state index is 13.1. The fourth-order valence-electron chi connectivity index (χ4n) is 2.83. The van der Waals surface area contributed by atoms with Crippen LogP contribution in [-0.4, -0.2) is 43.4 Å². The maximum Gasteiger partial charge on any atom is 0.416 e. The van der Waals surface area contributed by atoms with Crippen LogP contribution in [0.15, 0.2) is 46.9 Å². The van der Waals surface area contributed by atoms with Gasteiger partial charge in [0.1, 0.15) is 5.70 Å². The van der Waals surface area contributed by atoms with E-state index in [0.717, 1.165) is 29.9 Å². The first kappa shape index (κ1) is 25.6. The number of likely N-dealkylation sites (N-methyl/N-ethyl adjacent to an activating group) is 1. The molecule has 0 saturated heterocycles. The maximum absolute atomic E-state index is 13.1. The van der Waals surface area contributed by atoms with Crippen molar-refractivity contribution in [2.75, 3.05) is 27.2 Å². The van der Waals surface area contributed by atoms with Crippen molar-refractivity contribution in [3.63, 3.8) is 0 Å². The smallest absolute Gasteiger partial charge is 0.381 e. The number of hydroxylamine groups is 1. The van der Waals surface area contributed by atoms with Gasteiger partial charge < -0.3 is 25.7 Å². The van der Waals surface area contributed by atoms with Crippen LogP contribution in [-0.2, 0) is 11.0 Å². The van der Waals surface area contributed by atoms with Crippen molar-refractivity contribution in [1.29, 1.82) is 0 Å². The quantitative estimate of drug-likeness (QED) is 0.290. The van der Waals surface area contributed by atoms with Crippen molar-refractivity contribution in [3.8, 4) is 5.75 Å². The first-order valence-electron chi connectivity index (χ1n) is 10.3.